The molecule has 0 saturated carbocycles. The molecule has 0 aromatic heterocycles. The summed E-state index contributed by atoms with van der Waals surface area (Å²) in [5.41, 5.74) is 0.556. The van der Waals surface area contributed by atoms with Gasteiger partial charge in [-0.25, -0.2) is 12.8 Å². The normalized spacial score (nSPS) is 24.6. The molecule has 0 radical (unpaired) electrons. The lowest BCUT2D eigenvalue weighted by molar-refractivity contribution is -0.140. The summed E-state index contributed by atoms with van der Waals surface area (Å²) in [6.07, 6.45) is 2.98. The largest absolute Gasteiger partial charge is 0.507 e. The van der Waals surface area contributed by atoms with E-state index in [2.05, 4.69) is 0 Å². The van der Waals surface area contributed by atoms with Crippen molar-refractivity contribution >= 4 is 27.5 Å². The number of aliphatic hydroxyl groups is 1. The molecule has 3 aliphatic heterocycles. The van der Waals surface area contributed by atoms with E-state index in [9.17, 15) is 27.5 Å². The number of hydrogen-bond donors (Lipinski definition) is 1. The van der Waals surface area contributed by atoms with Crippen LogP contribution in [0.3, 0.4) is 0 Å². The fourth-order valence-electron chi connectivity index (χ4n) is 5.09. The number of amides is 1. The zero-order chi connectivity index (χ0) is 25.4. The first kappa shape index (κ1) is 24.6. The number of rotatable bonds is 6. The maximum absolute atomic E-state index is 13.6. The molecule has 2 unspecified atom stereocenters. The highest BCUT2D eigenvalue weighted by Crippen LogP contribution is 2.40. The molecule has 2 aromatic carbocycles. The van der Waals surface area contributed by atoms with Gasteiger partial charge in [-0.15, -0.1) is 0 Å². The smallest absolute Gasteiger partial charge is 0.295 e. The third kappa shape index (κ3) is 4.44. The van der Waals surface area contributed by atoms with Gasteiger partial charge >= 0.3 is 0 Å². The lowest BCUT2D eigenvalue weighted by Gasteiger charge is -2.27. The van der Waals surface area contributed by atoms with Crippen LogP contribution in [0.1, 0.15) is 42.9 Å². The van der Waals surface area contributed by atoms with Crippen molar-refractivity contribution in [2.24, 2.45) is 0 Å². The molecular formula is C26H27FN2O6S. The highest BCUT2D eigenvalue weighted by Gasteiger charge is 2.47. The molecule has 1 amide bonds. The lowest BCUT2D eigenvalue weighted by atomic mass is 9.95. The van der Waals surface area contributed by atoms with Crippen LogP contribution in [0.4, 0.5) is 4.39 Å². The van der Waals surface area contributed by atoms with Gasteiger partial charge in [-0.1, -0.05) is 12.1 Å². The minimum atomic E-state index is -3.64. The zero-order valence-corrected chi connectivity index (χ0v) is 20.4. The van der Waals surface area contributed by atoms with Gasteiger partial charge in [-0.05, 0) is 67.6 Å². The summed E-state index contributed by atoms with van der Waals surface area (Å²) < 4.78 is 46.4. The molecule has 3 aliphatic rings. The Hall–Kier alpha value is -3.08. The SMILES string of the molecule is O=C1C(=O)N(CC2CCCO2)C(c2ccc(F)cc2)C1=C(O)c1ccc(S(=O)(=O)N2CCCC2)cc1. The fourth-order valence-corrected chi connectivity index (χ4v) is 6.60. The van der Waals surface area contributed by atoms with Crippen molar-refractivity contribution in [1.82, 2.24) is 9.21 Å². The van der Waals surface area contributed by atoms with Crippen LogP contribution in [0.5, 0.6) is 0 Å². The number of carbonyl (C=O) groups excluding carboxylic acids is 2. The number of Topliss-reactive ketones (excluding diaryl/α,β-unsaturated/α-hetero) is 1. The van der Waals surface area contributed by atoms with Crippen molar-refractivity contribution in [2.75, 3.05) is 26.2 Å². The van der Waals surface area contributed by atoms with E-state index in [4.69, 9.17) is 4.74 Å². The third-order valence-electron chi connectivity index (χ3n) is 6.98. The summed E-state index contributed by atoms with van der Waals surface area (Å²) in [5, 5.41) is 11.2. The Kier molecular flexibility index (Phi) is 6.67. The molecule has 3 saturated heterocycles. The van der Waals surface area contributed by atoms with E-state index in [0.29, 0.717) is 25.3 Å². The number of hydrogen-bond acceptors (Lipinski definition) is 6. The van der Waals surface area contributed by atoms with Crippen LogP contribution in [-0.2, 0) is 24.3 Å². The summed E-state index contributed by atoms with van der Waals surface area (Å²) in [5.74, 6) is -2.50. The predicted octanol–water partition coefficient (Wildman–Crippen LogP) is 3.21. The Morgan fingerprint density at radius 3 is 2.28 bits per heavy atom. The van der Waals surface area contributed by atoms with Crippen LogP contribution < -0.4 is 0 Å². The molecule has 36 heavy (non-hydrogen) atoms. The summed E-state index contributed by atoms with van der Waals surface area (Å²) in [6.45, 7) is 1.67. The Bertz CT molecular complexity index is 1290. The van der Waals surface area contributed by atoms with E-state index in [1.165, 1.54) is 57.7 Å². The Labute approximate surface area is 209 Å². The van der Waals surface area contributed by atoms with Gasteiger partial charge in [0.1, 0.15) is 11.6 Å². The minimum absolute atomic E-state index is 0.0925. The quantitative estimate of drug-likeness (QED) is 0.361. The van der Waals surface area contributed by atoms with Gasteiger partial charge in [-0.2, -0.15) is 4.31 Å². The predicted molar refractivity (Wildman–Crippen MR) is 129 cm³/mol. The number of aliphatic hydroxyl groups excluding tert-OH is 1. The van der Waals surface area contributed by atoms with Crippen molar-refractivity contribution in [3.63, 3.8) is 0 Å². The molecule has 0 aliphatic carbocycles. The average molecular weight is 515 g/mol. The number of ketones is 1. The maximum Gasteiger partial charge on any atom is 0.295 e. The topological polar surface area (TPSA) is 104 Å². The first-order valence-corrected chi connectivity index (χ1v) is 13.5. The van der Waals surface area contributed by atoms with E-state index in [-0.39, 0.29) is 28.7 Å². The molecule has 2 atom stereocenters. The van der Waals surface area contributed by atoms with E-state index in [0.717, 1.165) is 25.7 Å². The third-order valence-corrected chi connectivity index (χ3v) is 8.89. The Morgan fingerprint density at radius 2 is 1.67 bits per heavy atom. The first-order chi connectivity index (χ1) is 17.3. The van der Waals surface area contributed by atoms with Crippen LogP contribution in [0, 0.1) is 5.82 Å². The van der Waals surface area contributed by atoms with Crippen molar-refractivity contribution in [3.05, 3.63) is 71.0 Å². The van der Waals surface area contributed by atoms with Gasteiger partial charge in [0.25, 0.3) is 11.7 Å². The number of nitrogens with zero attached hydrogens (tertiary/aromatic N) is 2. The average Bonchev–Trinajstić information content (AvgIpc) is 3.64. The highest BCUT2D eigenvalue weighted by atomic mass is 32.2. The molecule has 2 aromatic rings. The van der Waals surface area contributed by atoms with Crippen molar-refractivity contribution < 1.29 is 32.2 Å². The van der Waals surface area contributed by atoms with Gasteiger partial charge in [-0.3, -0.25) is 9.59 Å². The lowest BCUT2D eigenvalue weighted by Crippen LogP contribution is -2.36. The van der Waals surface area contributed by atoms with Gasteiger partial charge in [0.2, 0.25) is 10.0 Å². The maximum atomic E-state index is 13.6. The van der Waals surface area contributed by atoms with E-state index >= 15 is 0 Å². The first-order valence-electron chi connectivity index (χ1n) is 12.0. The Balaban J connectivity index is 1.53. The summed E-state index contributed by atoms with van der Waals surface area (Å²) >= 11 is 0. The summed E-state index contributed by atoms with van der Waals surface area (Å²) in [4.78, 5) is 27.6. The molecule has 3 heterocycles. The molecule has 5 rings (SSSR count). The van der Waals surface area contributed by atoms with E-state index < -0.39 is 39.3 Å². The number of likely N-dealkylation sites (tertiary alicyclic amines) is 1. The molecule has 0 spiro atoms. The Morgan fingerprint density at radius 1 is 1.00 bits per heavy atom. The van der Waals surface area contributed by atoms with Gasteiger partial charge in [0.05, 0.1) is 22.6 Å². The van der Waals surface area contributed by atoms with Crippen LogP contribution >= 0.6 is 0 Å². The van der Waals surface area contributed by atoms with Crippen molar-refractivity contribution in [2.45, 2.75) is 42.7 Å². The fraction of sp³-hybridized carbons (Fsp3) is 0.385. The van der Waals surface area contributed by atoms with Gasteiger partial charge < -0.3 is 14.7 Å². The second kappa shape index (κ2) is 9.76. The van der Waals surface area contributed by atoms with Gasteiger partial charge in [0.15, 0.2) is 0 Å². The highest BCUT2D eigenvalue weighted by molar-refractivity contribution is 7.89. The second-order valence-electron chi connectivity index (χ2n) is 9.27. The van der Waals surface area contributed by atoms with Crippen LogP contribution in [0.15, 0.2) is 59.0 Å². The van der Waals surface area contributed by atoms with Crippen LogP contribution in [0.25, 0.3) is 5.76 Å². The van der Waals surface area contributed by atoms with Crippen molar-refractivity contribution in [3.8, 4) is 0 Å². The number of ether oxygens (including phenoxy) is 1. The standard InChI is InChI=1S/C26H27FN2O6S/c27-19-9-5-17(6-10-19)23-22(25(31)26(32)29(23)16-20-4-3-15-35-20)24(30)18-7-11-21(12-8-18)36(33,34)28-13-1-2-14-28/h5-12,20,23,30H,1-4,13-16H2. The monoisotopic (exact) mass is 514 g/mol. The summed E-state index contributed by atoms with van der Waals surface area (Å²) in [7, 11) is -3.64. The molecule has 3 fully saturated rings. The molecule has 190 valence electrons. The number of sulfonamides is 1. The van der Waals surface area contributed by atoms with E-state index in [1.807, 2.05) is 0 Å². The number of halogens is 1. The minimum Gasteiger partial charge on any atom is -0.507 e. The molecule has 0 bridgehead atoms. The van der Waals surface area contributed by atoms with Crippen LogP contribution in [-0.4, -0.2) is 66.8 Å². The van der Waals surface area contributed by atoms with Crippen molar-refractivity contribution in [1.29, 1.82) is 0 Å². The van der Waals surface area contributed by atoms with Crippen LogP contribution in [0.2, 0.25) is 0 Å². The number of carbonyl (C=O) groups is 2. The van der Waals surface area contributed by atoms with E-state index in [1.54, 1.807) is 0 Å². The molecular weight excluding hydrogens is 487 g/mol. The molecule has 10 heteroatoms. The zero-order valence-electron chi connectivity index (χ0n) is 19.6. The number of benzene rings is 2. The summed E-state index contributed by atoms with van der Waals surface area (Å²) in [6, 6.07) is 10.1. The molecule has 8 nitrogen and oxygen atoms in total. The second-order valence-corrected chi connectivity index (χ2v) is 11.2. The van der Waals surface area contributed by atoms with Gasteiger partial charge in [0, 0.05) is 31.8 Å². The molecule has 1 N–H and O–H groups in total.